The van der Waals surface area contributed by atoms with Crippen LogP contribution in [0.15, 0.2) is 42.7 Å². The van der Waals surface area contributed by atoms with Crippen LogP contribution >= 0.6 is 0 Å². The lowest BCUT2D eigenvalue weighted by molar-refractivity contribution is 0.232. The Labute approximate surface area is 107 Å². The molecule has 0 saturated heterocycles. The Kier molecular flexibility index (Phi) is 2.99. The van der Waals surface area contributed by atoms with E-state index in [1.165, 1.54) is 5.56 Å². The molecule has 92 valence electrons. The molecule has 0 aliphatic carbocycles. The average molecular weight is 240 g/mol. The summed E-state index contributed by atoms with van der Waals surface area (Å²) < 4.78 is 6.04. The maximum absolute atomic E-state index is 6.04. The maximum Gasteiger partial charge on any atom is 0.131 e. The molecule has 3 nitrogen and oxygen atoms in total. The van der Waals surface area contributed by atoms with E-state index in [2.05, 4.69) is 34.6 Å². The number of fused-ring (bicyclic) bond motifs is 1. The monoisotopic (exact) mass is 240 g/mol. The summed E-state index contributed by atoms with van der Waals surface area (Å²) in [5, 5.41) is 3.17. The van der Waals surface area contributed by atoms with Crippen molar-refractivity contribution in [2.75, 3.05) is 13.6 Å². The minimum Gasteiger partial charge on any atom is -0.488 e. The minimum atomic E-state index is 0.239. The molecule has 1 atom stereocenters. The quantitative estimate of drug-likeness (QED) is 0.893. The van der Waals surface area contributed by atoms with Crippen LogP contribution in [0.4, 0.5) is 0 Å². The summed E-state index contributed by atoms with van der Waals surface area (Å²) in [6.45, 7) is 0.876. The molecule has 2 aromatic rings. The minimum absolute atomic E-state index is 0.239. The fourth-order valence-corrected chi connectivity index (χ4v) is 2.43. The van der Waals surface area contributed by atoms with Crippen molar-refractivity contribution in [3.63, 3.8) is 0 Å². The fraction of sp³-hybridized carbons (Fsp3) is 0.267. The molecule has 0 saturated carbocycles. The van der Waals surface area contributed by atoms with Crippen molar-refractivity contribution < 1.29 is 4.74 Å². The number of rotatable bonds is 3. The molecule has 18 heavy (non-hydrogen) atoms. The summed E-state index contributed by atoms with van der Waals surface area (Å²) in [7, 11) is 1.95. The lowest BCUT2D eigenvalue weighted by Gasteiger charge is -2.11. The van der Waals surface area contributed by atoms with Crippen molar-refractivity contribution >= 4 is 0 Å². The molecule has 0 spiro atoms. The van der Waals surface area contributed by atoms with Gasteiger partial charge in [0.2, 0.25) is 0 Å². The van der Waals surface area contributed by atoms with Crippen LogP contribution in [0.2, 0.25) is 0 Å². The Morgan fingerprint density at radius 3 is 3.06 bits per heavy atom. The standard InChI is InChI=1S/C15H16N2O/c1-16-10-13-8-11-4-2-6-14(15(11)18-13)12-5-3-7-17-9-12/h2-7,9,13,16H,8,10H2,1H3. The molecular formula is C15H16N2O. The molecular weight excluding hydrogens is 224 g/mol. The molecule has 0 bridgehead atoms. The normalized spacial score (nSPS) is 17.3. The third-order valence-corrected chi connectivity index (χ3v) is 3.23. The Morgan fingerprint density at radius 1 is 1.33 bits per heavy atom. The fourth-order valence-electron chi connectivity index (χ4n) is 2.43. The highest BCUT2D eigenvalue weighted by Crippen LogP contribution is 2.38. The van der Waals surface area contributed by atoms with E-state index >= 15 is 0 Å². The predicted molar refractivity (Wildman–Crippen MR) is 71.7 cm³/mol. The average Bonchev–Trinajstić information content (AvgIpc) is 2.82. The highest BCUT2D eigenvalue weighted by atomic mass is 16.5. The van der Waals surface area contributed by atoms with Crippen molar-refractivity contribution in [3.05, 3.63) is 48.3 Å². The Balaban J connectivity index is 1.98. The van der Waals surface area contributed by atoms with Crippen LogP contribution in [0.25, 0.3) is 11.1 Å². The van der Waals surface area contributed by atoms with Crippen LogP contribution in [0, 0.1) is 0 Å². The van der Waals surface area contributed by atoms with Gasteiger partial charge in [0.05, 0.1) is 0 Å². The zero-order chi connectivity index (χ0) is 12.4. The van der Waals surface area contributed by atoms with E-state index in [-0.39, 0.29) is 6.10 Å². The van der Waals surface area contributed by atoms with Crippen molar-refractivity contribution in [2.24, 2.45) is 0 Å². The maximum atomic E-state index is 6.04. The van der Waals surface area contributed by atoms with E-state index < -0.39 is 0 Å². The second kappa shape index (κ2) is 4.78. The van der Waals surface area contributed by atoms with Gasteiger partial charge in [0, 0.05) is 36.5 Å². The topological polar surface area (TPSA) is 34.2 Å². The Morgan fingerprint density at radius 2 is 2.28 bits per heavy atom. The molecule has 1 aliphatic rings. The van der Waals surface area contributed by atoms with Gasteiger partial charge in [-0.05, 0) is 18.7 Å². The molecule has 0 amide bonds. The summed E-state index contributed by atoms with van der Waals surface area (Å²) in [6.07, 6.45) is 4.88. The number of pyridine rings is 1. The molecule has 1 aliphatic heterocycles. The number of likely N-dealkylation sites (N-methyl/N-ethyl adjacent to an activating group) is 1. The van der Waals surface area contributed by atoms with E-state index in [4.69, 9.17) is 4.74 Å². The number of benzene rings is 1. The largest absolute Gasteiger partial charge is 0.488 e. The molecule has 1 N–H and O–H groups in total. The lowest BCUT2D eigenvalue weighted by atomic mass is 10.0. The van der Waals surface area contributed by atoms with Gasteiger partial charge in [0.25, 0.3) is 0 Å². The molecule has 2 heterocycles. The number of nitrogens with one attached hydrogen (secondary N) is 1. The second-order valence-corrected chi connectivity index (χ2v) is 4.54. The summed E-state index contributed by atoms with van der Waals surface area (Å²) in [4.78, 5) is 4.17. The van der Waals surface area contributed by atoms with E-state index in [9.17, 15) is 0 Å². The van der Waals surface area contributed by atoms with E-state index in [0.717, 1.165) is 29.8 Å². The molecule has 1 aromatic carbocycles. The molecule has 0 radical (unpaired) electrons. The number of hydrogen-bond donors (Lipinski definition) is 1. The van der Waals surface area contributed by atoms with E-state index in [0.29, 0.717) is 0 Å². The zero-order valence-electron chi connectivity index (χ0n) is 10.4. The van der Waals surface area contributed by atoms with Gasteiger partial charge in [-0.15, -0.1) is 0 Å². The van der Waals surface area contributed by atoms with Gasteiger partial charge in [0.15, 0.2) is 0 Å². The van der Waals surface area contributed by atoms with Gasteiger partial charge in [0.1, 0.15) is 11.9 Å². The van der Waals surface area contributed by atoms with Crippen LogP contribution in [-0.2, 0) is 6.42 Å². The molecule has 1 aromatic heterocycles. The van der Waals surface area contributed by atoms with Gasteiger partial charge in [-0.1, -0.05) is 24.3 Å². The first-order chi connectivity index (χ1) is 8.88. The summed E-state index contributed by atoms with van der Waals surface area (Å²) in [5.74, 6) is 1.02. The smallest absolute Gasteiger partial charge is 0.131 e. The second-order valence-electron chi connectivity index (χ2n) is 4.54. The number of hydrogen-bond acceptors (Lipinski definition) is 3. The zero-order valence-corrected chi connectivity index (χ0v) is 10.4. The summed E-state index contributed by atoms with van der Waals surface area (Å²) in [6, 6.07) is 10.3. The number of ether oxygens (including phenoxy) is 1. The first kappa shape index (κ1) is 11.2. The summed E-state index contributed by atoms with van der Waals surface area (Å²) in [5.41, 5.74) is 3.54. The van der Waals surface area contributed by atoms with Crippen LogP contribution in [-0.4, -0.2) is 24.7 Å². The van der Waals surface area contributed by atoms with Crippen molar-refractivity contribution in [3.8, 4) is 16.9 Å². The predicted octanol–water partition coefficient (Wildman–Crippen LogP) is 2.27. The lowest BCUT2D eigenvalue weighted by Crippen LogP contribution is -2.27. The molecule has 3 heteroatoms. The van der Waals surface area contributed by atoms with Gasteiger partial charge >= 0.3 is 0 Å². The summed E-state index contributed by atoms with van der Waals surface area (Å²) >= 11 is 0. The van der Waals surface area contributed by atoms with E-state index in [1.807, 2.05) is 19.3 Å². The number of para-hydroxylation sites is 1. The van der Waals surface area contributed by atoms with Crippen molar-refractivity contribution in [2.45, 2.75) is 12.5 Å². The Hall–Kier alpha value is -1.87. The van der Waals surface area contributed by atoms with Gasteiger partial charge in [-0.2, -0.15) is 0 Å². The molecule has 3 rings (SSSR count). The Bertz CT molecular complexity index is 539. The van der Waals surface area contributed by atoms with Crippen molar-refractivity contribution in [1.29, 1.82) is 0 Å². The number of nitrogens with zero attached hydrogens (tertiary/aromatic N) is 1. The van der Waals surface area contributed by atoms with Crippen LogP contribution < -0.4 is 10.1 Å². The number of aromatic nitrogens is 1. The third-order valence-electron chi connectivity index (χ3n) is 3.23. The van der Waals surface area contributed by atoms with Gasteiger partial charge in [-0.25, -0.2) is 0 Å². The first-order valence-electron chi connectivity index (χ1n) is 6.22. The highest BCUT2D eigenvalue weighted by molar-refractivity contribution is 5.72. The molecule has 0 fully saturated rings. The highest BCUT2D eigenvalue weighted by Gasteiger charge is 2.24. The third kappa shape index (κ3) is 1.97. The van der Waals surface area contributed by atoms with Crippen LogP contribution in [0.5, 0.6) is 5.75 Å². The van der Waals surface area contributed by atoms with Crippen LogP contribution in [0.3, 0.4) is 0 Å². The van der Waals surface area contributed by atoms with Gasteiger partial charge < -0.3 is 10.1 Å². The van der Waals surface area contributed by atoms with E-state index in [1.54, 1.807) is 6.20 Å². The van der Waals surface area contributed by atoms with Crippen LogP contribution in [0.1, 0.15) is 5.56 Å². The molecule has 1 unspecified atom stereocenters. The SMILES string of the molecule is CNCC1Cc2cccc(-c3cccnc3)c2O1. The van der Waals surface area contributed by atoms with Gasteiger partial charge in [-0.3, -0.25) is 4.98 Å². The first-order valence-corrected chi connectivity index (χ1v) is 6.22. The van der Waals surface area contributed by atoms with Crippen molar-refractivity contribution in [1.82, 2.24) is 10.3 Å².